The highest BCUT2D eigenvalue weighted by atomic mass is 16.5. The average molecular weight is 414 g/mol. The topological polar surface area (TPSA) is 81.9 Å². The molecule has 8 nitrogen and oxygen atoms in total. The summed E-state index contributed by atoms with van der Waals surface area (Å²) < 4.78 is 5.44. The van der Waals surface area contributed by atoms with Gasteiger partial charge in [0.25, 0.3) is 0 Å². The maximum absolute atomic E-state index is 12.2. The summed E-state index contributed by atoms with van der Waals surface area (Å²) in [5.74, 6) is 0.906. The highest BCUT2D eigenvalue weighted by Crippen LogP contribution is 2.29. The number of hydrogen-bond acceptors (Lipinski definition) is 6. The number of rotatable bonds is 6. The van der Waals surface area contributed by atoms with Gasteiger partial charge in [-0.25, -0.2) is 4.79 Å². The van der Waals surface area contributed by atoms with Crippen LogP contribution in [0.3, 0.4) is 0 Å². The number of piperazine rings is 1. The second-order valence-electron chi connectivity index (χ2n) is 8.78. The lowest BCUT2D eigenvalue weighted by Gasteiger charge is -2.42. The number of hydrogen-bond donors (Lipinski definition) is 1. The minimum atomic E-state index is -0.445. The van der Waals surface area contributed by atoms with E-state index in [1.807, 2.05) is 6.07 Å². The highest BCUT2D eigenvalue weighted by Gasteiger charge is 2.29. The van der Waals surface area contributed by atoms with Gasteiger partial charge in [-0.3, -0.25) is 19.9 Å². The molecule has 0 bridgehead atoms. The molecule has 8 heteroatoms. The standard InChI is InChI=1S/C22H31N5O3/c1-4-17-14-25(12-15(2)3)9-10-26(17)13-16-5-6-19-18(11-16)21(24-30-19)27-8-7-20(28)23-22(27)29/h5-6,11,15,17H,4,7-10,12-14H2,1-3H3,(H,23,28,29)/t17-/m1/s1. The predicted octanol–water partition coefficient (Wildman–Crippen LogP) is 2.83. The summed E-state index contributed by atoms with van der Waals surface area (Å²) in [6, 6.07) is 6.15. The Morgan fingerprint density at radius 3 is 2.80 bits per heavy atom. The van der Waals surface area contributed by atoms with Gasteiger partial charge < -0.3 is 9.42 Å². The van der Waals surface area contributed by atoms with Crippen LogP contribution in [0.2, 0.25) is 0 Å². The van der Waals surface area contributed by atoms with Crippen molar-refractivity contribution >= 4 is 28.7 Å². The van der Waals surface area contributed by atoms with Crippen LogP contribution in [0, 0.1) is 5.92 Å². The van der Waals surface area contributed by atoms with Crippen molar-refractivity contribution in [2.75, 3.05) is 37.6 Å². The highest BCUT2D eigenvalue weighted by molar-refractivity contribution is 6.08. The maximum atomic E-state index is 12.2. The molecule has 1 N–H and O–H groups in total. The Bertz CT molecular complexity index is 925. The lowest BCUT2D eigenvalue weighted by molar-refractivity contribution is -0.120. The van der Waals surface area contributed by atoms with Crippen molar-refractivity contribution in [1.82, 2.24) is 20.3 Å². The number of fused-ring (bicyclic) bond motifs is 1. The summed E-state index contributed by atoms with van der Waals surface area (Å²) in [6.45, 7) is 12.4. The Morgan fingerprint density at radius 1 is 1.23 bits per heavy atom. The summed E-state index contributed by atoms with van der Waals surface area (Å²) in [5.41, 5.74) is 1.82. The molecule has 30 heavy (non-hydrogen) atoms. The third kappa shape index (κ3) is 4.34. The van der Waals surface area contributed by atoms with Crippen molar-refractivity contribution in [3.8, 4) is 0 Å². The minimum Gasteiger partial charge on any atom is -0.354 e. The molecule has 0 unspecified atom stereocenters. The Balaban J connectivity index is 1.51. The van der Waals surface area contributed by atoms with Crippen molar-refractivity contribution in [2.24, 2.45) is 5.92 Å². The van der Waals surface area contributed by atoms with Crippen molar-refractivity contribution < 1.29 is 14.1 Å². The monoisotopic (exact) mass is 413 g/mol. The SMILES string of the molecule is CC[C@@H]1CN(CC(C)C)CCN1Cc1ccc2onc(N3CCC(=O)NC3=O)c2c1. The zero-order valence-electron chi connectivity index (χ0n) is 18.1. The second kappa shape index (κ2) is 8.73. The fourth-order valence-electron chi connectivity index (χ4n) is 4.50. The van der Waals surface area contributed by atoms with Crippen LogP contribution in [0.5, 0.6) is 0 Å². The number of benzene rings is 1. The summed E-state index contributed by atoms with van der Waals surface area (Å²) in [7, 11) is 0. The van der Waals surface area contributed by atoms with Gasteiger partial charge in [0.2, 0.25) is 5.91 Å². The first-order valence-electron chi connectivity index (χ1n) is 10.9. The van der Waals surface area contributed by atoms with Gasteiger partial charge >= 0.3 is 6.03 Å². The average Bonchev–Trinajstić information content (AvgIpc) is 3.12. The number of carbonyl (C=O) groups excluding carboxylic acids is 2. The lowest BCUT2D eigenvalue weighted by atomic mass is 10.1. The first kappa shape index (κ1) is 20.8. The van der Waals surface area contributed by atoms with Gasteiger partial charge in [0.15, 0.2) is 11.4 Å². The van der Waals surface area contributed by atoms with Crippen LogP contribution < -0.4 is 10.2 Å². The van der Waals surface area contributed by atoms with Gasteiger partial charge in [-0.05, 0) is 30.0 Å². The van der Waals surface area contributed by atoms with E-state index in [1.54, 1.807) is 0 Å². The lowest BCUT2D eigenvalue weighted by Crippen LogP contribution is -2.53. The molecule has 4 rings (SSSR count). The zero-order valence-corrected chi connectivity index (χ0v) is 18.1. The Hall–Kier alpha value is -2.45. The molecule has 2 aromatic rings. The van der Waals surface area contributed by atoms with Crippen LogP contribution in [0.4, 0.5) is 10.6 Å². The molecule has 1 atom stereocenters. The van der Waals surface area contributed by atoms with E-state index in [2.05, 4.69) is 53.2 Å². The number of aromatic nitrogens is 1. The van der Waals surface area contributed by atoms with Gasteiger partial charge in [-0.15, -0.1) is 0 Å². The third-order valence-corrected chi connectivity index (χ3v) is 5.99. The largest absolute Gasteiger partial charge is 0.354 e. The van der Waals surface area contributed by atoms with Crippen molar-refractivity contribution in [3.63, 3.8) is 0 Å². The van der Waals surface area contributed by atoms with Gasteiger partial charge in [-0.1, -0.05) is 32.0 Å². The molecule has 2 aliphatic rings. The molecular formula is C22H31N5O3. The molecule has 0 saturated carbocycles. The molecule has 1 aromatic carbocycles. The summed E-state index contributed by atoms with van der Waals surface area (Å²) in [6.07, 6.45) is 1.38. The van der Waals surface area contributed by atoms with Crippen LogP contribution in [0.1, 0.15) is 39.2 Å². The van der Waals surface area contributed by atoms with Crippen molar-refractivity contribution in [2.45, 2.75) is 46.2 Å². The van der Waals surface area contributed by atoms with E-state index >= 15 is 0 Å². The Morgan fingerprint density at radius 2 is 2.07 bits per heavy atom. The normalized spacial score (nSPS) is 21.6. The Labute approximate surface area is 177 Å². The number of carbonyl (C=O) groups is 2. The quantitative estimate of drug-likeness (QED) is 0.784. The molecule has 2 fully saturated rings. The van der Waals surface area contributed by atoms with E-state index < -0.39 is 6.03 Å². The number of amides is 3. The van der Waals surface area contributed by atoms with E-state index in [0.717, 1.165) is 44.5 Å². The molecule has 1 aromatic heterocycles. The van der Waals surface area contributed by atoms with E-state index in [1.165, 1.54) is 10.5 Å². The smallest absolute Gasteiger partial charge is 0.329 e. The number of nitrogens with one attached hydrogen (secondary N) is 1. The van der Waals surface area contributed by atoms with Crippen molar-refractivity contribution in [3.05, 3.63) is 23.8 Å². The summed E-state index contributed by atoms with van der Waals surface area (Å²) in [5, 5.41) is 7.27. The third-order valence-electron chi connectivity index (χ3n) is 5.99. The molecule has 3 heterocycles. The second-order valence-corrected chi connectivity index (χ2v) is 8.78. The maximum Gasteiger partial charge on any atom is 0.329 e. The first-order valence-corrected chi connectivity index (χ1v) is 10.9. The predicted molar refractivity (Wildman–Crippen MR) is 115 cm³/mol. The minimum absolute atomic E-state index is 0.257. The summed E-state index contributed by atoms with van der Waals surface area (Å²) in [4.78, 5) is 30.3. The van der Waals surface area contributed by atoms with Crippen LogP contribution >= 0.6 is 0 Å². The van der Waals surface area contributed by atoms with Gasteiger partial charge in [-0.2, -0.15) is 0 Å². The molecule has 0 aliphatic carbocycles. The first-order chi connectivity index (χ1) is 14.4. The fourth-order valence-corrected chi connectivity index (χ4v) is 4.50. The van der Waals surface area contributed by atoms with Crippen molar-refractivity contribution in [1.29, 1.82) is 0 Å². The fraction of sp³-hybridized carbons (Fsp3) is 0.591. The van der Waals surface area contributed by atoms with E-state index in [9.17, 15) is 9.59 Å². The van der Waals surface area contributed by atoms with E-state index in [-0.39, 0.29) is 12.3 Å². The molecular weight excluding hydrogens is 382 g/mol. The number of nitrogens with zero attached hydrogens (tertiary/aromatic N) is 4. The van der Waals surface area contributed by atoms with Crippen LogP contribution in [0.25, 0.3) is 11.0 Å². The molecule has 0 spiro atoms. The zero-order chi connectivity index (χ0) is 21.3. The van der Waals surface area contributed by atoms with Crippen LogP contribution in [-0.2, 0) is 11.3 Å². The molecule has 0 radical (unpaired) electrons. The molecule has 3 amide bonds. The number of imide groups is 1. The van der Waals surface area contributed by atoms with Crippen LogP contribution in [0.15, 0.2) is 22.7 Å². The molecule has 2 aliphatic heterocycles. The molecule has 2 saturated heterocycles. The van der Waals surface area contributed by atoms with Gasteiger partial charge in [0.1, 0.15) is 0 Å². The van der Waals surface area contributed by atoms with E-state index in [4.69, 9.17) is 4.52 Å². The summed E-state index contributed by atoms with van der Waals surface area (Å²) >= 11 is 0. The Kier molecular flexibility index (Phi) is 6.06. The molecule has 162 valence electrons. The van der Waals surface area contributed by atoms with Gasteiger partial charge in [0, 0.05) is 51.7 Å². The van der Waals surface area contributed by atoms with Crippen LogP contribution in [-0.4, -0.2) is 65.7 Å². The van der Waals surface area contributed by atoms with E-state index in [0.29, 0.717) is 29.9 Å². The number of anilines is 1. The number of urea groups is 1. The van der Waals surface area contributed by atoms with Gasteiger partial charge in [0.05, 0.1) is 5.39 Å².